The average Bonchev–Trinajstić information content (AvgIpc) is 2.60. The molecule has 1 amide bonds. The zero-order valence-electron chi connectivity index (χ0n) is 15.3. The lowest BCUT2D eigenvalue weighted by molar-refractivity contribution is -0.121. The number of benzene rings is 1. The lowest BCUT2D eigenvalue weighted by Crippen LogP contribution is -2.36. The largest absolute Gasteiger partial charge is 0.348 e. The van der Waals surface area contributed by atoms with Crippen LogP contribution in [0.15, 0.2) is 29.4 Å². The first kappa shape index (κ1) is 17.9. The van der Waals surface area contributed by atoms with Crippen molar-refractivity contribution in [3.63, 3.8) is 0 Å². The number of nitrogens with one attached hydrogen (secondary N) is 1. The maximum atomic E-state index is 12.7. The van der Waals surface area contributed by atoms with Crippen molar-refractivity contribution in [3.05, 3.63) is 52.3 Å². The summed E-state index contributed by atoms with van der Waals surface area (Å²) in [5.41, 5.74) is 5.68. The summed E-state index contributed by atoms with van der Waals surface area (Å²) in [5.74, 6) is 0.0474. The number of carbonyl (C=O) groups is 1. The van der Waals surface area contributed by atoms with Crippen molar-refractivity contribution in [2.45, 2.75) is 63.4 Å². The van der Waals surface area contributed by atoms with Crippen molar-refractivity contribution in [1.82, 2.24) is 15.3 Å². The van der Waals surface area contributed by atoms with Crippen LogP contribution in [-0.2, 0) is 11.2 Å². The number of hydrogen-bond donors (Lipinski definition) is 1. The van der Waals surface area contributed by atoms with Gasteiger partial charge in [-0.15, -0.1) is 0 Å². The number of aromatic nitrogens is 2. The van der Waals surface area contributed by atoms with Crippen LogP contribution in [0.2, 0.25) is 0 Å². The lowest BCUT2D eigenvalue weighted by Gasteiger charge is -2.27. The van der Waals surface area contributed by atoms with E-state index in [1.165, 1.54) is 22.9 Å². The van der Waals surface area contributed by atoms with Gasteiger partial charge in [-0.05, 0) is 63.6 Å². The summed E-state index contributed by atoms with van der Waals surface area (Å²) in [7, 11) is 0. The van der Waals surface area contributed by atoms with E-state index in [4.69, 9.17) is 0 Å². The number of fused-ring (bicyclic) bond motifs is 1. The molecule has 0 fully saturated rings. The molecule has 132 valence electrons. The van der Waals surface area contributed by atoms with E-state index < -0.39 is 0 Å². The second-order valence-corrected chi connectivity index (χ2v) is 8.02. The summed E-state index contributed by atoms with van der Waals surface area (Å²) < 4.78 is 0. The molecular formula is C20H25N3OS. The number of nitrogens with zero attached hydrogens (tertiary/aromatic N) is 2. The van der Waals surface area contributed by atoms with Crippen LogP contribution in [0, 0.1) is 20.8 Å². The number of thioether (sulfide) groups is 1. The van der Waals surface area contributed by atoms with Crippen molar-refractivity contribution < 1.29 is 4.79 Å². The average molecular weight is 356 g/mol. The van der Waals surface area contributed by atoms with E-state index in [0.717, 1.165) is 36.2 Å². The number of carbonyl (C=O) groups excluding carboxylic acids is 1. The quantitative estimate of drug-likeness (QED) is 0.663. The zero-order valence-corrected chi connectivity index (χ0v) is 16.1. The molecule has 2 aromatic rings. The van der Waals surface area contributed by atoms with Crippen LogP contribution in [0.3, 0.4) is 0 Å². The normalized spacial score (nSPS) is 17.7. The van der Waals surface area contributed by atoms with Gasteiger partial charge in [0.2, 0.25) is 5.91 Å². The predicted molar refractivity (Wildman–Crippen MR) is 102 cm³/mol. The standard InChI is InChI=1S/C20H25N3OS/c1-12-13(2)21-20(22-14(12)3)25-15(4)19(24)23-18-11-7-9-16-8-5-6-10-17(16)18/h5-6,8,10,15,18H,7,9,11H2,1-4H3,(H,23,24)/t15-,18+/m1/s1. The van der Waals surface area contributed by atoms with E-state index >= 15 is 0 Å². The van der Waals surface area contributed by atoms with E-state index in [0.29, 0.717) is 5.16 Å². The molecule has 1 aliphatic rings. The highest BCUT2D eigenvalue weighted by Crippen LogP contribution is 2.30. The van der Waals surface area contributed by atoms with Crippen molar-refractivity contribution in [2.75, 3.05) is 0 Å². The Morgan fingerprint density at radius 3 is 2.60 bits per heavy atom. The molecule has 25 heavy (non-hydrogen) atoms. The molecule has 0 saturated heterocycles. The van der Waals surface area contributed by atoms with Crippen LogP contribution >= 0.6 is 11.8 Å². The van der Waals surface area contributed by atoms with Crippen LogP contribution in [0.4, 0.5) is 0 Å². The van der Waals surface area contributed by atoms with Gasteiger partial charge in [-0.3, -0.25) is 4.79 Å². The van der Waals surface area contributed by atoms with Gasteiger partial charge in [0.05, 0.1) is 11.3 Å². The summed E-state index contributed by atoms with van der Waals surface area (Å²) in [4.78, 5) is 21.7. The molecule has 1 heterocycles. The Morgan fingerprint density at radius 1 is 1.20 bits per heavy atom. The maximum absolute atomic E-state index is 12.7. The first-order chi connectivity index (χ1) is 12.0. The second-order valence-electron chi connectivity index (χ2n) is 6.71. The Bertz CT molecular complexity index is 767. The predicted octanol–water partition coefficient (Wildman–Crippen LogP) is 4.08. The number of aryl methyl sites for hydroxylation is 3. The van der Waals surface area contributed by atoms with Crippen molar-refractivity contribution in [3.8, 4) is 0 Å². The summed E-state index contributed by atoms with van der Waals surface area (Å²) in [6.07, 6.45) is 3.21. The topological polar surface area (TPSA) is 54.9 Å². The number of hydrogen-bond acceptors (Lipinski definition) is 4. The summed E-state index contributed by atoms with van der Waals surface area (Å²) in [6, 6.07) is 8.53. The molecule has 2 atom stereocenters. The highest BCUT2D eigenvalue weighted by Gasteiger charge is 2.24. The minimum Gasteiger partial charge on any atom is -0.348 e. The van der Waals surface area contributed by atoms with E-state index in [2.05, 4.69) is 33.5 Å². The molecule has 0 radical (unpaired) electrons. The molecule has 5 heteroatoms. The molecule has 1 aromatic carbocycles. The smallest absolute Gasteiger partial charge is 0.233 e. The first-order valence-corrected chi connectivity index (χ1v) is 9.70. The van der Waals surface area contributed by atoms with Gasteiger partial charge in [0.25, 0.3) is 0 Å². The molecular weight excluding hydrogens is 330 g/mol. The van der Waals surface area contributed by atoms with Crippen molar-refractivity contribution in [1.29, 1.82) is 0 Å². The Hall–Kier alpha value is -1.88. The van der Waals surface area contributed by atoms with Crippen molar-refractivity contribution >= 4 is 17.7 Å². The molecule has 0 saturated carbocycles. The van der Waals surface area contributed by atoms with Gasteiger partial charge < -0.3 is 5.32 Å². The minimum absolute atomic E-state index is 0.0474. The van der Waals surface area contributed by atoms with Gasteiger partial charge in [-0.2, -0.15) is 0 Å². The van der Waals surface area contributed by atoms with Crippen LogP contribution < -0.4 is 5.32 Å². The third kappa shape index (κ3) is 4.03. The fourth-order valence-corrected chi connectivity index (χ4v) is 4.07. The minimum atomic E-state index is -0.226. The Kier molecular flexibility index (Phi) is 5.42. The van der Waals surface area contributed by atoms with Gasteiger partial charge in [0.1, 0.15) is 0 Å². The molecule has 4 nitrogen and oxygen atoms in total. The fraction of sp³-hybridized carbons (Fsp3) is 0.450. The van der Waals surface area contributed by atoms with Gasteiger partial charge in [0.15, 0.2) is 5.16 Å². The molecule has 1 N–H and O–H groups in total. The summed E-state index contributed by atoms with van der Waals surface area (Å²) >= 11 is 1.42. The van der Waals surface area contributed by atoms with Crippen molar-refractivity contribution in [2.24, 2.45) is 0 Å². The van der Waals surface area contributed by atoms with Crippen LogP contribution in [-0.4, -0.2) is 21.1 Å². The molecule has 0 aliphatic heterocycles. The SMILES string of the molecule is Cc1nc(S[C@H](C)C(=O)N[C@H]2CCCc3ccccc32)nc(C)c1C. The zero-order chi connectivity index (χ0) is 18.0. The molecule has 0 bridgehead atoms. The van der Waals surface area contributed by atoms with Gasteiger partial charge in [-0.25, -0.2) is 9.97 Å². The monoisotopic (exact) mass is 355 g/mol. The molecule has 1 aromatic heterocycles. The lowest BCUT2D eigenvalue weighted by atomic mass is 9.88. The van der Waals surface area contributed by atoms with Gasteiger partial charge in [0, 0.05) is 11.4 Å². The third-order valence-corrected chi connectivity index (χ3v) is 5.91. The Balaban J connectivity index is 1.68. The van der Waals surface area contributed by atoms with Crippen LogP contribution in [0.25, 0.3) is 0 Å². The molecule has 1 aliphatic carbocycles. The van der Waals surface area contributed by atoms with E-state index in [1.807, 2.05) is 33.8 Å². The molecule has 3 rings (SSSR count). The highest BCUT2D eigenvalue weighted by atomic mass is 32.2. The highest BCUT2D eigenvalue weighted by molar-refractivity contribution is 8.00. The van der Waals surface area contributed by atoms with E-state index in [1.54, 1.807) is 0 Å². The summed E-state index contributed by atoms with van der Waals surface area (Å²) in [5, 5.41) is 3.67. The first-order valence-electron chi connectivity index (χ1n) is 8.82. The van der Waals surface area contributed by atoms with Gasteiger partial charge >= 0.3 is 0 Å². The number of rotatable bonds is 4. The number of amides is 1. The van der Waals surface area contributed by atoms with E-state index in [-0.39, 0.29) is 17.2 Å². The summed E-state index contributed by atoms with van der Waals surface area (Å²) in [6.45, 7) is 7.91. The van der Waals surface area contributed by atoms with E-state index in [9.17, 15) is 4.79 Å². The molecule has 0 unspecified atom stereocenters. The second kappa shape index (κ2) is 7.56. The van der Waals surface area contributed by atoms with Gasteiger partial charge in [-0.1, -0.05) is 36.0 Å². The Morgan fingerprint density at radius 2 is 1.88 bits per heavy atom. The Labute approximate surface area is 153 Å². The fourth-order valence-electron chi connectivity index (χ4n) is 3.20. The van der Waals surface area contributed by atoms with Crippen LogP contribution in [0.1, 0.15) is 53.9 Å². The maximum Gasteiger partial charge on any atom is 0.233 e. The third-order valence-electron chi connectivity index (χ3n) is 4.95. The van der Waals surface area contributed by atoms with Crippen LogP contribution in [0.5, 0.6) is 0 Å². The molecule has 0 spiro atoms.